The lowest BCUT2D eigenvalue weighted by Crippen LogP contribution is -2.71. The van der Waals surface area contributed by atoms with Crippen LogP contribution in [-0.4, -0.2) is 89.5 Å². The minimum absolute atomic E-state index is 0.0327. The van der Waals surface area contributed by atoms with Gasteiger partial charge in [-0.05, 0) is 75.3 Å². The lowest BCUT2D eigenvalue weighted by atomic mass is 9.49. The number of nitrogens with one attached hydrogen (secondary N) is 1. The highest BCUT2D eigenvalue weighted by Gasteiger charge is 2.78. The Balaban J connectivity index is 1.29. The summed E-state index contributed by atoms with van der Waals surface area (Å²) >= 11 is 0. The summed E-state index contributed by atoms with van der Waals surface area (Å²) in [6, 6.07) is 15.7. The number of carbonyl (C=O) groups is 4. The topological polar surface area (TPSA) is 167 Å². The number of esters is 2. The number of amides is 1. The number of benzene rings is 2. The number of alkyl carbamates (subject to hydrolysis) is 1. The van der Waals surface area contributed by atoms with Gasteiger partial charge >= 0.3 is 18.0 Å². The van der Waals surface area contributed by atoms with Gasteiger partial charge in [0.05, 0.1) is 24.3 Å². The van der Waals surface area contributed by atoms with Crippen molar-refractivity contribution in [3.63, 3.8) is 0 Å². The van der Waals surface area contributed by atoms with Gasteiger partial charge in [-0.25, -0.2) is 14.4 Å². The lowest BCUT2D eigenvalue weighted by molar-refractivity contribution is -0.248. The Morgan fingerprint density at radius 3 is 2.22 bits per heavy atom. The van der Waals surface area contributed by atoms with Crippen molar-refractivity contribution in [2.45, 2.75) is 109 Å². The second-order valence-electron chi connectivity index (χ2n) is 17.2. The van der Waals surface area contributed by atoms with Crippen LogP contribution >= 0.6 is 0 Å². The Morgan fingerprint density at radius 2 is 1.63 bits per heavy atom. The quantitative estimate of drug-likeness (QED) is 0.192. The van der Waals surface area contributed by atoms with Crippen molar-refractivity contribution in [2.75, 3.05) is 13.7 Å². The Bertz CT molecular complexity index is 1840. The summed E-state index contributed by atoms with van der Waals surface area (Å²) in [5.74, 6) is -2.67. The number of fused-ring (bicyclic) bond motifs is 4. The van der Waals surface area contributed by atoms with Crippen LogP contribution in [0, 0.1) is 28.6 Å². The molecule has 2 bridgehead atoms. The molecule has 2 aromatic rings. The van der Waals surface area contributed by atoms with E-state index in [2.05, 4.69) is 5.32 Å². The Labute approximate surface area is 315 Å². The number of methoxy groups -OCH3 is 1. The molecule has 5 aliphatic rings. The molecule has 0 aromatic heterocycles. The second kappa shape index (κ2) is 13.6. The van der Waals surface area contributed by atoms with E-state index in [0.29, 0.717) is 41.7 Å². The van der Waals surface area contributed by atoms with Crippen LogP contribution in [0.2, 0.25) is 0 Å². The average Bonchev–Trinajstić information content (AvgIpc) is 3.85. The summed E-state index contributed by atoms with van der Waals surface area (Å²) in [5, 5.41) is 27.6. The van der Waals surface area contributed by atoms with Crippen molar-refractivity contribution in [3.05, 3.63) is 82.9 Å². The van der Waals surface area contributed by atoms with E-state index in [9.17, 15) is 24.6 Å². The van der Waals surface area contributed by atoms with E-state index in [1.54, 1.807) is 102 Å². The third-order valence-corrected chi connectivity index (χ3v) is 12.7. The molecule has 0 unspecified atom stereocenters. The molecule has 11 atom stereocenters. The highest BCUT2D eigenvalue weighted by Crippen LogP contribution is 2.73. The zero-order valence-corrected chi connectivity index (χ0v) is 31.9. The molecule has 1 heterocycles. The van der Waals surface area contributed by atoms with Crippen molar-refractivity contribution < 1.29 is 53.1 Å². The number of aliphatic hydroxyl groups is 2. The second-order valence-corrected chi connectivity index (χ2v) is 17.2. The van der Waals surface area contributed by atoms with Gasteiger partial charge in [0.25, 0.3) is 0 Å². The van der Waals surface area contributed by atoms with Crippen LogP contribution in [0.25, 0.3) is 0 Å². The first-order chi connectivity index (χ1) is 25.4. The molecular weight excluding hydrogens is 694 g/mol. The predicted molar refractivity (Wildman–Crippen MR) is 194 cm³/mol. The smallest absolute Gasteiger partial charge is 0.408 e. The zero-order chi connectivity index (χ0) is 39.0. The van der Waals surface area contributed by atoms with Crippen LogP contribution in [0.3, 0.4) is 0 Å². The molecule has 12 heteroatoms. The van der Waals surface area contributed by atoms with Crippen LogP contribution < -0.4 is 5.32 Å². The molecule has 4 aliphatic carbocycles. The molecule has 1 amide bonds. The van der Waals surface area contributed by atoms with Gasteiger partial charge in [0, 0.05) is 36.2 Å². The molecule has 3 saturated carbocycles. The SMILES string of the molecule is CO[C@H]1C(=O)[C@]23C[C@H]2C[C@H]2OC[C@H]2[C@H]3[C@H](OC(=O)c2ccccc2)[C@]2(O)C[C@H](OC(=O)[C@H](O)[C@@H](NC(=O)OC(C)(C)C)c3ccccc3)C(C)=C1C2(C)C. The minimum atomic E-state index is -1.90. The maximum Gasteiger partial charge on any atom is 0.408 e. The maximum atomic E-state index is 15.0. The van der Waals surface area contributed by atoms with Crippen molar-refractivity contribution >= 4 is 23.8 Å². The van der Waals surface area contributed by atoms with E-state index in [1.807, 2.05) is 0 Å². The normalized spacial score (nSPS) is 34.6. The van der Waals surface area contributed by atoms with Gasteiger partial charge in [-0.3, -0.25) is 4.79 Å². The molecular formula is C42H51NO11. The predicted octanol–water partition coefficient (Wildman–Crippen LogP) is 4.87. The number of ether oxygens (including phenoxy) is 5. The molecule has 7 rings (SSSR count). The van der Waals surface area contributed by atoms with Crippen molar-refractivity contribution in [2.24, 2.45) is 28.6 Å². The van der Waals surface area contributed by atoms with Crippen LogP contribution in [0.4, 0.5) is 4.79 Å². The molecule has 1 saturated heterocycles. The monoisotopic (exact) mass is 745 g/mol. The van der Waals surface area contributed by atoms with Gasteiger partial charge in [0.2, 0.25) is 0 Å². The summed E-state index contributed by atoms with van der Waals surface area (Å²) in [6.45, 7) is 10.8. The van der Waals surface area contributed by atoms with E-state index in [1.165, 1.54) is 7.11 Å². The number of ketones is 1. The highest BCUT2D eigenvalue weighted by atomic mass is 16.6. The standard InChI is InChI=1S/C42H51NO11/c1-22-28(52-37(47)32(44)31(23-14-10-8-11-15-23)43-38(48)54-39(2,3)4)20-42(49)35(53-36(46)24-16-12-9-13-17-24)30-26-21-51-27(26)18-25-19-41(25,30)34(45)33(50-7)29(22)40(42,5)6/h8-17,25-28,30-33,35,44,49H,18-21H2,1-7H3,(H,43,48)/t25-,26-,27-,28+,30+,31+,32-,33-,35+,41-,42-/m1/s1. The number of rotatable bonds is 8. The molecule has 1 aliphatic heterocycles. The van der Waals surface area contributed by atoms with E-state index in [0.717, 1.165) is 0 Å². The zero-order valence-electron chi connectivity index (χ0n) is 31.9. The van der Waals surface area contributed by atoms with Crippen molar-refractivity contribution in [1.82, 2.24) is 5.32 Å². The van der Waals surface area contributed by atoms with Gasteiger partial charge in [-0.15, -0.1) is 0 Å². The fraction of sp³-hybridized carbons (Fsp3) is 0.571. The largest absolute Gasteiger partial charge is 0.456 e. The third-order valence-electron chi connectivity index (χ3n) is 12.7. The fourth-order valence-electron chi connectivity index (χ4n) is 9.93. The number of hydrogen-bond acceptors (Lipinski definition) is 11. The Hall–Kier alpha value is -4.10. The molecule has 4 fully saturated rings. The van der Waals surface area contributed by atoms with Crippen LogP contribution in [-0.2, 0) is 33.3 Å². The first kappa shape index (κ1) is 38.2. The van der Waals surface area contributed by atoms with Gasteiger partial charge < -0.3 is 39.2 Å². The van der Waals surface area contributed by atoms with E-state index < -0.39 is 76.4 Å². The number of carbonyl (C=O) groups excluding carboxylic acids is 4. The molecule has 290 valence electrons. The van der Waals surface area contributed by atoms with E-state index >= 15 is 4.79 Å². The molecule has 0 radical (unpaired) electrons. The Morgan fingerprint density at radius 1 is 0.981 bits per heavy atom. The number of Topliss-reactive ketones (excluding diaryl/α,β-unsaturated/α-hetero) is 1. The molecule has 54 heavy (non-hydrogen) atoms. The molecule has 3 N–H and O–H groups in total. The summed E-state index contributed by atoms with van der Waals surface area (Å²) < 4.78 is 30.1. The van der Waals surface area contributed by atoms with Crippen molar-refractivity contribution in [1.29, 1.82) is 0 Å². The third kappa shape index (κ3) is 6.15. The fourth-order valence-corrected chi connectivity index (χ4v) is 9.93. The van der Waals surface area contributed by atoms with Gasteiger partial charge in [-0.2, -0.15) is 0 Å². The summed E-state index contributed by atoms with van der Waals surface area (Å²) in [4.78, 5) is 56.0. The number of hydrogen-bond donors (Lipinski definition) is 3. The van der Waals surface area contributed by atoms with Gasteiger partial charge in [-0.1, -0.05) is 62.4 Å². The average molecular weight is 746 g/mol. The highest BCUT2D eigenvalue weighted by molar-refractivity contribution is 5.96. The summed E-state index contributed by atoms with van der Waals surface area (Å²) in [7, 11) is 1.46. The van der Waals surface area contributed by atoms with Gasteiger partial charge in [0.15, 0.2) is 11.9 Å². The first-order valence-electron chi connectivity index (χ1n) is 18.8. The first-order valence-corrected chi connectivity index (χ1v) is 18.8. The van der Waals surface area contributed by atoms with Crippen molar-refractivity contribution in [3.8, 4) is 0 Å². The molecule has 12 nitrogen and oxygen atoms in total. The number of aliphatic hydroxyl groups excluding tert-OH is 1. The van der Waals surface area contributed by atoms with Crippen LogP contribution in [0.5, 0.6) is 0 Å². The summed E-state index contributed by atoms with van der Waals surface area (Å²) in [5.41, 5.74) is -3.23. The maximum absolute atomic E-state index is 15.0. The van der Waals surface area contributed by atoms with Crippen LogP contribution in [0.1, 0.15) is 82.8 Å². The lowest BCUT2D eigenvalue weighted by Gasteiger charge is -2.61. The summed E-state index contributed by atoms with van der Waals surface area (Å²) in [6.07, 6.45) is -5.32. The Kier molecular flexibility index (Phi) is 9.60. The minimum Gasteiger partial charge on any atom is -0.456 e. The molecule has 1 spiro atoms. The van der Waals surface area contributed by atoms with E-state index in [4.69, 9.17) is 23.7 Å². The van der Waals surface area contributed by atoms with E-state index in [-0.39, 0.29) is 30.1 Å². The van der Waals surface area contributed by atoms with Crippen LogP contribution in [0.15, 0.2) is 71.8 Å². The van der Waals surface area contributed by atoms with Gasteiger partial charge in [0.1, 0.15) is 29.5 Å². The molecule has 2 aromatic carbocycles.